The number of nitrogens with zero attached hydrogens (tertiary/aromatic N) is 3. The first kappa shape index (κ1) is 19.7. The van der Waals surface area contributed by atoms with Crippen molar-refractivity contribution in [2.45, 2.75) is 45.8 Å². The smallest absolute Gasteiger partial charge is 0.349 e. The van der Waals surface area contributed by atoms with Crippen LogP contribution >= 0.6 is 0 Å². The molecule has 2 N–H and O–H groups in total. The Bertz CT molecular complexity index is 806. The number of carbonyl (C=O) groups excluding carboxylic acids is 1. The number of rotatable bonds is 6. The van der Waals surface area contributed by atoms with Crippen LogP contribution in [0.15, 0.2) is 23.1 Å². The molecule has 0 unspecified atom stereocenters. The molecule has 142 valence electrons. The Morgan fingerprint density at radius 3 is 2.50 bits per heavy atom. The monoisotopic (exact) mass is 371 g/mol. The van der Waals surface area contributed by atoms with Gasteiger partial charge in [-0.25, -0.2) is 9.78 Å². The number of alkyl halides is 3. The Balaban J connectivity index is 2.33. The highest BCUT2D eigenvalue weighted by molar-refractivity contribution is 5.95. The molecule has 0 aliphatic rings. The van der Waals surface area contributed by atoms with Gasteiger partial charge in [-0.1, -0.05) is 13.8 Å². The van der Waals surface area contributed by atoms with Crippen LogP contribution in [0.1, 0.15) is 49.7 Å². The first-order valence-corrected chi connectivity index (χ1v) is 8.11. The van der Waals surface area contributed by atoms with Crippen molar-refractivity contribution >= 4 is 5.91 Å². The summed E-state index contributed by atoms with van der Waals surface area (Å²) in [6.07, 6.45) is -2.49. The molecule has 1 atom stereocenters. The van der Waals surface area contributed by atoms with Crippen LogP contribution in [0.4, 0.5) is 13.2 Å². The Hall–Kier alpha value is -2.65. The molecule has 0 bridgehead atoms. The number of hydrogen-bond acceptors (Lipinski definition) is 4. The maximum atomic E-state index is 13.5. The van der Waals surface area contributed by atoms with Crippen LogP contribution in [0.3, 0.4) is 0 Å². The van der Waals surface area contributed by atoms with E-state index in [1.165, 1.54) is 0 Å². The Morgan fingerprint density at radius 1 is 1.27 bits per heavy atom. The summed E-state index contributed by atoms with van der Waals surface area (Å²) >= 11 is 0. The predicted octanol–water partition coefficient (Wildman–Crippen LogP) is 2.53. The molecule has 0 radical (unpaired) electrons. The summed E-state index contributed by atoms with van der Waals surface area (Å²) in [4.78, 5) is 23.4. The zero-order valence-electron chi connectivity index (χ0n) is 14.6. The molecule has 2 aromatic rings. The Labute approximate surface area is 147 Å². The second-order valence-corrected chi connectivity index (χ2v) is 6.44. The maximum absolute atomic E-state index is 13.5. The fraction of sp³-hybridized carbons (Fsp3) is 0.500. The molecular formula is C16H20F3N5O2. The van der Waals surface area contributed by atoms with Gasteiger partial charge in [0.2, 0.25) is 0 Å². The van der Waals surface area contributed by atoms with Gasteiger partial charge in [0.25, 0.3) is 11.5 Å². The molecule has 0 saturated carbocycles. The summed E-state index contributed by atoms with van der Waals surface area (Å²) < 4.78 is 41.0. The molecule has 1 amide bonds. The number of aromatic nitrogens is 4. The SMILES string of the molecule is CC(C)CC[C@@H](C)NC(=O)c1cnn(-c2ccc(=O)[nH]n2)c1C(F)(F)F. The summed E-state index contributed by atoms with van der Waals surface area (Å²) in [5.41, 5.74) is -2.40. The number of nitrogens with one attached hydrogen (secondary N) is 2. The van der Waals surface area contributed by atoms with Crippen LogP contribution < -0.4 is 10.9 Å². The highest BCUT2D eigenvalue weighted by Crippen LogP contribution is 2.33. The van der Waals surface area contributed by atoms with Gasteiger partial charge in [0.15, 0.2) is 11.5 Å². The van der Waals surface area contributed by atoms with Crippen molar-refractivity contribution in [1.82, 2.24) is 25.3 Å². The number of H-pyrrole nitrogens is 1. The molecule has 10 heteroatoms. The number of hydrogen-bond donors (Lipinski definition) is 2. The van der Waals surface area contributed by atoms with Crippen molar-refractivity contribution in [3.63, 3.8) is 0 Å². The quantitative estimate of drug-likeness (QED) is 0.816. The van der Waals surface area contributed by atoms with E-state index >= 15 is 0 Å². The van der Waals surface area contributed by atoms with Crippen molar-refractivity contribution in [3.05, 3.63) is 39.9 Å². The first-order valence-electron chi connectivity index (χ1n) is 8.11. The molecule has 0 saturated heterocycles. The number of amides is 1. The second kappa shape index (κ2) is 7.71. The number of halogens is 3. The van der Waals surface area contributed by atoms with Gasteiger partial charge in [-0.2, -0.15) is 23.4 Å². The van der Waals surface area contributed by atoms with E-state index in [2.05, 4.69) is 15.5 Å². The largest absolute Gasteiger partial charge is 0.434 e. The molecule has 0 fully saturated rings. The van der Waals surface area contributed by atoms with E-state index in [1.54, 1.807) is 6.92 Å². The van der Waals surface area contributed by atoms with Crippen LogP contribution in [0, 0.1) is 5.92 Å². The Morgan fingerprint density at radius 2 is 1.96 bits per heavy atom. The summed E-state index contributed by atoms with van der Waals surface area (Å²) in [7, 11) is 0. The minimum absolute atomic E-state index is 0.246. The van der Waals surface area contributed by atoms with Gasteiger partial charge in [0.05, 0.1) is 11.8 Å². The minimum atomic E-state index is -4.83. The van der Waals surface area contributed by atoms with E-state index in [0.717, 1.165) is 24.8 Å². The lowest BCUT2D eigenvalue weighted by atomic mass is 10.0. The molecule has 0 aromatic carbocycles. The molecule has 0 aliphatic heterocycles. The lowest BCUT2D eigenvalue weighted by Gasteiger charge is -2.16. The fourth-order valence-corrected chi connectivity index (χ4v) is 2.37. The summed E-state index contributed by atoms with van der Waals surface area (Å²) in [5.74, 6) is -0.678. The van der Waals surface area contributed by atoms with E-state index in [9.17, 15) is 22.8 Å². The normalized spacial score (nSPS) is 13.0. The highest BCUT2D eigenvalue weighted by atomic mass is 19.4. The zero-order valence-corrected chi connectivity index (χ0v) is 14.6. The van der Waals surface area contributed by atoms with Crippen molar-refractivity contribution in [2.75, 3.05) is 0 Å². The molecular weight excluding hydrogens is 351 g/mol. The van der Waals surface area contributed by atoms with Crippen LogP contribution in [0.25, 0.3) is 5.82 Å². The van der Waals surface area contributed by atoms with Gasteiger partial charge in [-0.3, -0.25) is 9.59 Å². The van der Waals surface area contributed by atoms with Crippen molar-refractivity contribution < 1.29 is 18.0 Å². The first-order chi connectivity index (χ1) is 12.1. The maximum Gasteiger partial charge on any atom is 0.434 e. The summed E-state index contributed by atoms with van der Waals surface area (Å²) in [6.45, 7) is 5.79. The third-order valence-electron chi connectivity index (χ3n) is 3.72. The average Bonchev–Trinajstić information content (AvgIpc) is 2.99. The summed E-state index contributed by atoms with van der Waals surface area (Å²) in [5, 5.41) is 11.8. The minimum Gasteiger partial charge on any atom is -0.349 e. The van der Waals surface area contributed by atoms with Crippen molar-refractivity contribution in [2.24, 2.45) is 5.92 Å². The average molecular weight is 371 g/mol. The lowest BCUT2D eigenvalue weighted by Crippen LogP contribution is -2.34. The van der Waals surface area contributed by atoms with Gasteiger partial charge in [0.1, 0.15) is 0 Å². The third-order valence-corrected chi connectivity index (χ3v) is 3.72. The molecule has 2 heterocycles. The number of carbonyl (C=O) groups is 1. The molecule has 0 aliphatic carbocycles. The second-order valence-electron chi connectivity index (χ2n) is 6.44. The van der Waals surface area contributed by atoms with Gasteiger partial charge >= 0.3 is 6.18 Å². The van der Waals surface area contributed by atoms with Crippen molar-refractivity contribution in [1.29, 1.82) is 0 Å². The molecule has 26 heavy (non-hydrogen) atoms. The van der Waals surface area contributed by atoms with Crippen LogP contribution in [0.5, 0.6) is 0 Å². The molecule has 0 spiro atoms. The van der Waals surface area contributed by atoms with Crippen LogP contribution in [-0.4, -0.2) is 31.9 Å². The van der Waals surface area contributed by atoms with Gasteiger partial charge < -0.3 is 5.32 Å². The van der Waals surface area contributed by atoms with Gasteiger partial charge in [-0.15, -0.1) is 0 Å². The molecule has 7 nitrogen and oxygen atoms in total. The van der Waals surface area contributed by atoms with Crippen molar-refractivity contribution in [3.8, 4) is 5.82 Å². The van der Waals surface area contributed by atoms with Crippen LogP contribution in [-0.2, 0) is 6.18 Å². The van der Waals surface area contributed by atoms with Gasteiger partial charge in [-0.05, 0) is 31.7 Å². The van der Waals surface area contributed by atoms with E-state index in [-0.39, 0.29) is 11.9 Å². The summed E-state index contributed by atoms with van der Waals surface area (Å²) in [6, 6.07) is 1.84. The molecule has 2 rings (SSSR count). The molecule has 2 aromatic heterocycles. The third kappa shape index (κ3) is 4.70. The standard InChI is InChI=1S/C16H20F3N5O2/c1-9(2)4-5-10(3)21-15(26)11-8-20-24(14(11)16(17,18)19)12-6-7-13(25)23-22-12/h6-10H,4-5H2,1-3H3,(H,21,26)(H,23,25)/t10-/m1/s1. The number of aromatic amines is 1. The zero-order chi connectivity index (χ0) is 19.5. The lowest BCUT2D eigenvalue weighted by molar-refractivity contribution is -0.143. The van der Waals surface area contributed by atoms with E-state index < -0.39 is 28.9 Å². The topological polar surface area (TPSA) is 92.7 Å². The van der Waals surface area contributed by atoms with Gasteiger partial charge in [0, 0.05) is 12.1 Å². The highest BCUT2D eigenvalue weighted by Gasteiger charge is 2.41. The van der Waals surface area contributed by atoms with E-state index in [0.29, 0.717) is 17.0 Å². The van der Waals surface area contributed by atoms with Crippen LogP contribution in [0.2, 0.25) is 0 Å². The van der Waals surface area contributed by atoms with E-state index in [1.807, 2.05) is 18.9 Å². The predicted molar refractivity (Wildman–Crippen MR) is 88.0 cm³/mol. The Kier molecular flexibility index (Phi) is 5.83. The fourth-order valence-electron chi connectivity index (χ4n) is 2.37. The van der Waals surface area contributed by atoms with E-state index in [4.69, 9.17) is 0 Å².